The van der Waals surface area contributed by atoms with Crippen LogP contribution in [0.3, 0.4) is 0 Å². The van der Waals surface area contributed by atoms with Crippen LogP contribution in [-0.2, 0) is 14.8 Å². The van der Waals surface area contributed by atoms with Gasteiger partial charge in [-0.1, -0.05) is 13.3 Å². The molecule has 1 aromatic rings. The monoisotopic (exact) mass is 308 g/mol. The van der Waals surface area contributed by atoms with Gasteiger partial charge in [-0.15, -0.1) is 0 Å². The fourth-order valence-electron chi connectivity index (χ4n) is 1.43. The number of benzene rings is 1. The van der Waals surface area contributed by atoms with Crippen molar-refractivity contribution in [1.82, 2.24) is 4.72 Å². The highest BCUT2D eigenvalue weighted by Gasteiger charge is 2.20. The molecule has 20 heavy (non-hydrogen) atoms. The molecule has 0 atom stereocenters. The van der Waals surface area contributed by atoms with Crippen LogP contribution >= 0.6 is 0 Å². The average molecular weight is 308 g/mol. The predicted octanol–water partition coefficient (Wildman–Crippen LogP) is 1.64. The minimum atomic E-state index is -4.07. The summed E-state index contributed by atoms with van der Waals surface area (Å²) in [6.45, 7) is 2.73. The van der Waals surface area contributed by atoms with E-state index in [1.165, 1.54) is 0 Å². The molecule has 0 amide bonds. The first-order chi connectivity index (χ1) is 9.38. The fraction of sp³-hybridized carbons (Fsp3) is 0.500. The Morgan fingerprint density at radius 3 is 2.60 bits per heavy atom. The molecule has 0 saturated heterocycles. The van der Waals surface area contributed by atoms with Crippen molar-refractivity contribution < 1.29 is 21.9 Å². The van der Waals surface area contributed by atoms with E-state index in [-0.39, 0.29) is 13.2 Å². The highest BCUT2D eigenvalue weighted by atomic mass is 32.2. The summed E-state index contributed by atoms with van der Waals surface area (Å²) < 4.78 is 57.4. The normalized spacial score (nSPS) is 11.8. The molecule has 0 aliphatic carbocycles. The molecular weight excluding hydrogens is 290 g/mol. The quantitative estimate of drug-likeness (QED) is 0.565. The van der Waals surface area contributed by atoms with Crippen molar-refractivity contribution in [2.45, 2.75) is 24.7 Å². The van der Waals surface area contributed by atoms with E-state index in [0.29, 0.717) is 12.7 Å². The van der Waals surface area contributed by atoms with Crippen molar-refractivity contribution in [2.75, 3.05) is 25.5 Å². The third-order valence-electron chi connectivity index (χ3n) is 2.52. The molecular formula is C12H18F2N2O3S. The van der Waals surface area contributed by atoms with Crippen molar-refractivity contribution in [3.63, 3.8) is 0 Å². The zero-order valence-corrected chi connectivity index (χ0v) is 12.0. The maximum atomic E-state index is 13.5. The second-order valence-electron chi connectivity index (χ2n) is 4.17. The van der Waals surface area contributed by atoms with Crippen LogP contribution in [0.15, 0.2) is 17.0 Å². The Morgan fingerprint density at radius 2 is 1.95 bits per heavy atom. The number of anilines is 1. The van der Waals surface area contributed by atoms with Gasteiger partial charge in [-0.3, -0.25) is 0 Å². The molecule has 1 rings (SSSR count). The Hall–Kier alpha value is -1.25. The number of hydrogen-bond donors (Lipinski definition) is 2. The summed E-state index contributed by atoms with van der Waals surface area (Å²) in [5.41, 5.74) is 4.81. The summed E-state index contributed by atoms with van der Waals surface area (Å²) in [6, 6.07) is 1.20. The lowest BCUT2D eigenvalue weighted by Gasteiger charge is -2.09. The van der Waals surface area contributed by atoms with Gasteiger partial charge in [0.25, 0.3) is 0 Å². The third-order valence-corrected chi connectivity index (χ3v) is 4.00. The van der Waals surface area contributed by atoms with Crippen molar-refractivity contribution in [1.29, 1.82) is 0 Å². The van der Waals surface area contributed by atoms with E-state index in [1.54, 1.807) is 0 Å². The van der Waals surface area contributed by atoms with E-state index >= 15 is 0 Å². The van der Waals surface area contributed by atoms with Gasteiger partial charge in [0.05, 0.1) is 12.3 Å². The van der Waals surface area contributed by atoms with E-state index in [4.69, 9.17) is 10.5 Å². The maximum absolute atomic E-state index is 13.5. The Labute approximate surface area is 117 Å². The highest BCUT2D eigenvalue weighted by molar-refractivity contribution is 7.89. The third kappa shape index (κ3) is 4.69. The molecule has 0 spiro atoms. The number of sulfonamides is 1. The van der Waals surface area contributed by atoms with Gasteiger partial charge in [-0.05, 0) is 12.5 Å². The molecule has 0 fully saturated rings. The molecule has 0 aromatic heterocycles. The van der Waals surface area contributed by atoms with Crippen LogP contribution in [0, 0.1) is 11.6 Å². The lowest BCUT2D eigenvalue weighted by atomic mass is 10.3. The van der Waals surface area contributed by atoms with Crippen LogP contribution in [0.1, 0.15) is 19.8 Å². The van der Waals surface area contributed by atoms with E-state index in [0.717, 1.165) is 18.9 Å². The molecule has 114 valence electrons. The molecule has 0 unspecified atom stereocenters. The molecule has 8 heteroatoms. The lowest BCUT2D eigenvalue weighted by molar-refractivity contribution is 0.136. The summed E-state index contributed by atoms with van der Waals surface area (Å²) in [5.74, 6) is -2.18. The number of hydrogen-bond acceptors (Lipinski definition) is 4. The first kappa shape index (κ1) is 16.8. The number of nitrogen functional groups attached to an aromatic ring is 1. The number of ether oxygens (including phenoxy) is 1. The van der Waals surface area contributed by atoms with Crippen molar-refractivity contribution in [3.05, 3.63) is 23.8 Å². The van der Waals surface area contributed by atoms with Crippen LogP contribution in [0.25, 0.3) is 0 Å². The zero-order valence-electron chi connectivity index (χ0n) is 11.2. The molecule has 0 aliphatic rings. The van der Waals surface area contributed by atoms with Gasteiger partial charge in [0.1, 0.15) is 16.5 Å². The average Bonchev–Trinajstić information content (AvgIpc) is 2.37. The highest BCUT2D eigenvalue weighted by Crippen LogP contribution is 2.20. The number of unbranched alkanes of at least 4 members (excludes halogenated alkanes) is 1. The summed E-state index contributed by atoms with van der Waals surface area (Å²) in [7, 11) is -4.07. The smallest absolute Gasteiger partial charge is 0.243 e. The largest absolute Gasteiger partial charge is 0.396 e. The fourth-order valence-corrected chi connectivity index (χ4v) is 2.53. The van der Waals surface area contributed by atoms with Crippen molar-refractivity contribution in [3.8, 4) is 0 Å². The van der Waals surface area contributed by atoms with E-state index in [1.807, 2.05) is 6.92 Å². The molecule has 3 N–H and O–H groups in total. The standard InChI is InChI=1S/C12H18F2N2O3S/c1-2-3-5-19-6-4-16-20(17,18)12-8-11(15)9(13)7-10(12)14/h7-8,16H,2-6,15H2,1H3. The number of halogens is 2. The van der Waals surface area contributed by atoms with Crippen LogP contribution in [-0.4, -0.2) is 28.2 Å². The Balaban J connectivity index is 2.63. The number of nitrogens with one attached hydrogen (secondary N) is 1. The van der Waals surface area contributed by atoms with E-state index < -0.39 is 32.2 Å². The maximum Gasteiger partial charge on any atom is 0.243 e. The summed E-state index contributed by atoms with van der Waals surface area (Å²) in [5, 5.41) is 0. The first-order valence-electron chi connectivity index (χ1n) is 6.20. The Bertz CT molecular complexity index is 550. The minimum absolute atomic E-state index is 0.00275. The molecule has 1 aromatic carbocycles. The predicted molar refractivity (Wildman–Crippen MR) is 71.7 cm³/mol. The molecule has 0 radical (unpaired) electrons. The van der Waals surface area contributed by atoms with Gasteiger partial charge < -0.3 is 10.5 Å². The molecule has 5 nitrogen and oxygen atoms in total. The van der Waals surface area contributed by atoms with Gasteiger partial charge in [0.15, 0.2) is 0 Å². The van der Waals surface area contributed by atoms with E-state index in [9.17, 15) is 17.2 Å². The summed E-state index contributed by atoms with van der Waals surface area (Å²) in [4.78, 5) is -0.676. The number of rotatable bonds is 8. The first-order valence-corrected chi connectivity index (χ1v) is 7.68. The van der Waals surface area contributed by atoms with E-state index in [2.05, 4.69) is 4.72 Å². The molecule has 0 saturated carbocycles. The van der Waals surface area contributed by atoms with Gasteiger partial charge in [-0.25, -0.2) is 21.9 Å². The SMILES string of the molecule is CCCCOCCNS(=O)(=O)c1cc(N)c(F)cc1F. The zero-order chi connectivity index (χ0) is 15.2. The van der Waals surface area contributed by atoms with Crippen LogP contribution in [0.4, 0.5) is 14.5 Å². The van der Waals surface area contributed by atoms with Crippen LogP contribution < -0.4 is 10.5 Å². The second kappa shape index (κ2) is 7.51. The van der Waals surface area contributed by atoms with Crippen molar-refractivity contribution in [2.24, 2.45) is 0 Å². The van der Waals surface area contributed by atoms with Gasteiger partial charge in [0, 0.05) is 19.2 Å². The van der Waals surface area contributed by atoms with Crippen molar-refractivity contribution >= 4 is 15.7 Å². The Kier molecular flexibility index (Phi) is 6.31. The topological polar surface area (TPSA) is 81.4 Å². The number of nitrogens with two attached hydrogens (primary N) is 1. The second-order valence-corrected chi connectivity index (χ2v) is 5.90. The van der Waals surface area contributed by atoms with Crippen LogP contribution in [0.5, 0.6) is 0 Å². The molecule has 0 bridgehead atoms. The van der Waals surface area contributed by atoms with Gasteiger partial charge in [-0.2, -0.15) is 0 Å². The minimum Gasteiger partial charge on any atom is -0.396 e. The Morgan fingerprint density at radius 1 is 1.25 bits per heavy atom. The molecule has 0 heterocycles. The summed E-state index contributed by atoms with van der Waals surface area (Å²) >= 11 is 0. The van der Waals surface area contributed by atoms with Crippen LogP contribution in [0.2, 0.25) is 0 Å². The lowest BCUT2D eigenvalue weighted by Crippen LogP contribution is -2.28. The molecule has 0 aliphatic heterocycles. The summed E-state index contributed by atoms with van der Waals surface area (Å²) in [6.07, 6.45) is 1.86. The van der Waals surface area contributed by atoms with Gasteiger partial charge in [0.2, 0.25) is 10.0 Å². The van der Waals surface area contributed by atoms with Gasteiger partial charge >= 0.3 is 0 Å².